The molecule has 0 fully saturated rings. The van der Waals surface area contributed by atoms with Crippen molar-refractivity contribution in [3.05, 3.63) is 252 Å². The van der Waals surface area contributed by atoms with Gasteiger partial charge in [-0.15, -0.1) is 0 Å². The molecule has 3 aliphatic carbocycles. The van der Waals surface area contributed by atoms with Crippen molar-refractivity contribution >= 4 is 32.3 Å². The van der Waals surface area contributed by atoms with Crippen molar-refractivity contribution < 1.29 is 0 Å². The summed E-state index contributed by atoms with van der Waals surface area (Å²) in [5, 5.41) is 7.58. The summed E-state index contributed by atoms with van der Waals surface area (Å²) in [7, 11) is 0. The van der Waals surface area contributed by atoms with E-state index in [-0.39, 0.29) is 5.41 Å². The average molecular weight is 811 g/mol. The third kappa shape index (κ3) is 4.57. The lowest BCUT2D eigenvalue weighted by atomic mass is 9.70. The average Bonchev–Trinajstić information content (AvgIpc) is 3.91. The van der Waals surface area contributed by atoms with Gasteiger partial charge in [0, 0.05) is 5.41 Å². The van der Waals surface area contributed by atoms with E-state index >= 15 is 0 Å². The van der Waals surface area contributed by atoms with Crippen LogP contribution in [0.25, 0.3) is 99.1 Å². The first-order valence-corrected chi connectivity index (χ1v) is 22.7. The van der Waals surface area contributed by atoms with E-state index < -0.39 is 5.41 Å². The molecule has 0 heteroatoms. The van der Waals surface area contributed by atoms with Crippen molar-refractivity contribution in [2.75, 3.05) is 0 Å². The van der Waals surface area contributed by atoms with Gasteiger partial charge in [0.15, 0.2) is 0 Å². The minimum Gasteiger partial charge on any atom is -0.0619 e. The molecule has 0 saturated heterocycles. The van der Waals surface area contributed by atoms with Gasteiger partial charge in [0.05, 0.1) is 5.41 Å². The molecule has 14 rings (SSSR count). The fourth-order valence-corrected chi connectivity index (χ4v) is 12.5. The van der Waals surface area contributed by atoms with Crippen LogP contribution in [0.15, 0.2) is 218 Å². The first-order chi connectivity index (χ1) is 31.5. The van der Waals surface area contributed by atoms with Gasteiger partial charge in [0.1, 0.15) is 0 Å². The summed E-state index contributed by atoms with van der Waals surface area (Å²) in [6, 6.07) is 82.9. The van der Waals surface area contributed by atoms with Crippen LogP contribution in [0, 0.1) is 0 Å². The Morgan fingerprint density at radius 2 is 0.734 bits per heavy atom. The first-order valence-electron chi connectivity index (χ1n) is 22.7. The molecule has 0 N–H and O–H groups in total. The molecular formula is C64H42. The summed E-state index contributed by atoms with van der Waals surface area (Å²) in [4.78, 5) is 0. The Morgan fingerprint density at radius 3 is 1.44 bits per heavy atom. The molecule has 0 saturated carbocycles. The molecule has 3 aliphatic rings. The smallest absolute Gasteiger partial charge is 0.0619 e. The predicted molar refractivity (Wildman–Crippen MR) is 269 cm³/mol. The molecule has 0 unspecified atom stereocenters. The normalized spacial score (nSPS) is 14.3. The van der Waals surface area contributed by atoms with Gasteiger partial charge in [-0.2, -0.15) is 0 Å². The highest BCUT2D eigenvalue weighted by atomic mass is 14.5. The van der Waals surface area contributed by atoms with E-state index in [0.717, 1.165) is 0 Å². The fourth-order valence-electron chi connectivity index (χ4n) is 12.5. The van der Waals surface area contributed by atoms with Crippen LogP contribution in [0.3, 0.4) is 0 Å². The maximum Gasteiger partial charge on any atom is 0.0725 e. The summed E-state index contributed by atoms with van der Waals surface area (Å²) in [6.45, 7) is 4.78. The number of fused-ring (bicyclic) bond motifs is 16. The Hall–Kier alpha value is -7.80. The van der Waals surface area contributed by atoms with E-state index in [4.69, 9.17) is 0 Å². The fraction of sp³-hybridized carbons (Fsp3) is 0.0625. The lowest BCUT2D eigenvalue weighted by molar-refractivity contribution is 0.660. The van der Waals surface area contributed by atoms with Crippen molar-refractivity contribution in [1.82, 2.24) is 0 Å². The Labute approximate surface area is 373 Å². The third-order valence-corrected chi connectivity index (χ3v) is 15.3. The highest BCUT2D eigenvalue weighted by Gasteiger charge is 2.51. The lowest BCUT2D eigenvalue weighted by Crippen LogP contribution is -2.25. The summed E-state index contributed by atoms with van der Waals surface area (Å²) < 4.78 is 0. The summed E-state index contributed by atoms with van der Waals surface area (Å²) in [6.07, 6.45) is 0. The van der Waals surface area contributed by atoms with Crippen LogP contribution in [0.1, 0.15) is 47.2 Å². The minimum atomic E-state index is -0.422. The van der Waals surface area contributed by atoms with Gasteiger partial charge in [-0.25, -0.2) is 0 Å². The Kier molecular flexibility index (Phi) is 7.20. The van der Waals surface area contributed by atoms with E-state index in [1.807, 2.05) is 0 Å². The van der Waals surface area contributed by atoms with Gasteiger partial charge in [-0.1, -0.05) is 214 Å². The highest BCUT2D eigenvalue weighted by molar-refractivity contribution is 6.23. The number of hydrogen-bond donors (Lipinski definition) is 0. The van der Waals surface area contributed by atoms with Crippen LogP contribution >= 0.6 is 0 Å². The van der Waals surface area contributed by atoms with Gasteiger partial charge in [0.2, 0.25) is 0 Å². The summed E-state index contributed by atoms with van der Waals surface area (Å²) >= 11 is 0. The number of rotatable bonds is 3. The molecule has 0 atom stereocenters. The molecule has 11 aromatic rings. The van der Waals surface area contributed by atoms with Crippen LogP contribution in [0.4, 0.5) is 0 Å². The zero-order valence-electron chi connectivity index (χ0n) is 35.8. The molecule has 1 spiro atoms. The zero-order valence-corrected chi connectivity index (χ0v) is 35.8. The molecule has 0 nitrogen and oxygen atoms in total. The number of benzene rings is 11. The maximum absolute atomic E-state index is 2.56. The molecule has 0 amide bonds. The lowest BCUT2D eigenvalue weighted by Gasteiger charge is -2.31. The topological polar surface area (TPSA) is 0 Å². The third-order valence-electron chi connectivity index (χ3n) is 15.3. The van der Waals surface area contributed by atoms with Crippen molar-refractivity contribution in [2.45, 2.75) is 24.7 Å². The van der Waals surface area contributed by atoms with Crippen molar-refractivity contribution in [3.8, 4) is 66.8 Å². The Morgan fingerprint density at radius 1 is 0.250 bits per heavy atom. The van der Waals surface area contributed by atoms with Gasteiger partial charge < -0.3 is 0 Å². The van der Waals surface area contributed by atoms with Crippen LogP contribution in [-0.4, -0.2) is 0 Å². The van der Waals surface area contributed by atoms with E-state index in [0.29, 0.717) is 0 Å². The standard InChI is InChI=1S/C64H42/c1-63(2)54-25-11-10-23-51(54)62-52(24-15-29-58(62)63)61-49-22-6-5-21-48(49)60(50-35-32-42(37-53(50)61)41-31-30-39-16-3-4-17-40(39)36-41)43-33-34-47-46-20-9-14-28-57(46)64(59(47)38-43)55-26-12-7-18-44(55)45-19-8-13-27-56(45)64/h3-38H,1-2H3. The molecule has 64 heavy (non-hydrogen) atoms. The van der Waals surface area contributed by atoms with Crippen molar-refractivity contribution in [3.63, 3.8) is 0 Å². The van der Waals surface area contributed by atoms with Crippen LogP contribution < -0.4 is 0 Å². The second-order valence-corrected chi connectivity index (χ2v) is 18.7. The van der Waals surface area contributed by atoms with E-state index in [9.17, 15) is 0 Å². The van der Waals surface area contributed by atoms with Crippen LogP contribution in [0.2, 0.25) is 0 Å². The van der Waals surface area contributed by atoms with Gasteiger partial charge in [0.25, 0.3) is 0 Å². The van der Waals surface area contributed by atoms with Crippen LogP contribution in [-0.2, 0) is 10.8 Å². The molecule has 0 bridgehead atoms. The van der Waals surface area contributed by atoms with Gasteiger partial charge >= 0.3 is 0 Å². The summed E-state index contributed by atoms with van der Waals surface area (Å²) in [5.74, 6) is 0. The minimum absolute atomic E-state index is 0.112. The van der Waals surface area contributed by atoms with Gasteiger partial charge in [-0.3, -0.25) is 0 Å². The monoisotopic (exact) mass is 810 g/mol. The van der Waals surface area contributed by atoms with Crippen molar-refractivity contribution in [2.24, 2.45) is 0 Å². The van der Waals surface area contributed by atoms with E-state index in [1.54, 1.807) is 0 Å². The molecule has 298 valence electrons. The predicted octanol–water partition coefficient (Wildman–Crippen LogP) is 16.8. The van der Waals surface area contributed by atoms with E-state index in [2.05, 4.69) is 232 Å². The quantitative estimate of drug-likeness (QED) is 0.156. The maximum atomic E-state index is 2.56. The molecule has 0 aromatic heterocycles. The van der Waals surface area contributed by atoms with Crippen LogP contribution in [0.5, 0.6) is 0 Å². The van der Waals surface area contributed by atoms with Crippen molar-refractivity contribution in [1.29, 1.82) is 0 Å². The SMILES string of the molecule is CC1(C)c2ccccc2-c2c(-c3c4ccccc4c(-c4ccc5c(c4)C4(c6ccccc6-c6ccccc64)c4ccccc4-5)c4ccc(-c5ccc6ccccc6c5)cc34)cccc21. The molecular weight excluding hydrogens is 769 g/mol. The highest BCUT2D eigenvalue weighted by Crippen LogP contribution is 2.63. The molecule has 0 radical (unpaired) electrons. The Bertz CT molecular complexity index is 3760. The molecule has 0 aliphatic heterocycles. The molecule has 0 heterocycles. The first kappa shape index (κ1) is 35.8. The largest absolute Gasteiger partial charge is 0.0725 e. The number of hydrogen-bond acceptors (Lipinski definition) is 0. The second-order valence-electron chi connectivity index (χ2n) is 18.7. The molecule has 11 aromatic carbocycles. The van der Waals surface area contributed by atoms with Gasteiger partial charge in [-0.05, 0) is 151 Å². The Balaban J connectivity index is 1.10. The second kappa shape index (κ2) is 12.9. The summed E-state index contributed by atoms with van der Waals surface area (Å²) in [5.41, 5.74) is 23.2. The zero-order chi connectivity index (χ0) is 42.3. The van der Waals surface area contributed by atoms with E-state index in [1.165, 1.54) is 132 Å².